The van der Waals surface area contributed by atoms with E-state index in [1.165, 1.54) is 5.56 Å². The molecule has 3 N–H and O–H groups in total. The van der Waals surface area contributed by atoms with Crippen molar-refractivity contribution in [1.29, 1.82) is 0 Å². The highest BCUT2D eigenvalue weighted by molar-refractivity contribution is 5.73. The number of carbonyl (C=O) groups is 1. The molecule has 118 valence electrons. The first-order valence-corrected chi connectivity index (χ1v) is 7.23. The Hall–Kier alpha value is -1.55. The quantitative estimate of drug-likeness (QED) is 0.845. The van der Waals surface area contributed by atoms with Crippen LogP contribution in [0.25, 0.3) is 0 Å². The molecule has 0 saturated heterocycles. The summed E-state index contributed by atoms with van der Waals surface area (Å²) in [7, 11) is 0. The van der Waals surface area contributed by atoms with E-state index >= 15 is 0 Å². The maximum atomic E-state index is 10.6. The van der Waals surface area contributed by atoms with Crippen LogP contribution in [0, 0.1) is 5.41 Å². The molecule has 1 rings (SSSR count). The Morgan fingerprint density at radius 2 is 1.71 bits per heavy atom. The fraction of sp³-hybridized carbons (Fsp3) is 0.588. The summed E-state index contributed by atoms with van der Waals surface area (Å²) < 4.78 is 5.39. The molecule has 1 aromatic carbocycles. The lowest BCUT2D eigenvalue weighted by molar-refractivity contribution is -0.139. The Labute approximate surface area is 127 Å². The zero-order chi connectivity index (χ0) is 16.3. The zero-order valence-electron chi connectivity index (χ0n) is 13.6. The minimum atomic E-state index is -1.06. The number of benzene rings is 1. The summed E-state index contributed by atoms with van der Waals surface area (Å²) in [5.74, 6) is -0.417. The van der Waals surface area contributed by atoms with Gasteiger partial charge in [-0.25, -0.2) is 0 Å². The molecule has 4 nitrogen and oxygen atoms in total. The molecular weight excluding hydrogens is 266 g/mol. The van der Waals surface area contributed by atoms with Crippen molar-refractivity contribution < 1.29 is 14.6 Å². The van der Waals surface area contributed by atoms with Crippen molar-refractivity contribution in [3.8, 4) is 5.75 Å². The van der Waals surface area contributed by atoms with Gasteiger partial charge in [-0.1, -0.05) is 46.8 Å². The van der Waals surface area contributed by atoms with E-state index in [1.807, 2.05) is 24.3 Å². The van der Waals surface area contributed by atoms with Crippen LogP contribution in [0.2, 0.25) is 0 Å². The lowest BCUT2D eigenvalue weighted by Gasteiger charge is -2.33. The Bertz CT molecular complexity index is 472. The van der Waals surface area contributed by atoms with Crippen LogP contribution in [0.15, 0.2) is 24.3 Å². The van der Waals surface area contributed by atoms with Gasteiger partial charge in [-0.15, -0.1) is 0 Å². The van der Waals surface area contributed by atoms with Crippen molar-refractivity contribution in [3.05, 3.63) is 29.8 Å². The van der Waals surface area contributed by atoms with E-state index in [0.717, 1.165) is 6.42 Å². The van der Waals surface area contributed by atoms with Crippen LogP contribution in [-0.2, 0) is 10.2 Å². The summed E-state index contributed by atoms with van der Waals surface area (Å²) in [5.41, 5.74) is 6.99. The van der Waals surface area contributed by atoms with Gasteiger partial charge in [0.05, 0.1) is 0 Å². The highest BCUT2D eigenvalue weighted by atomic mass is 16.5. The number of hydrogen-bond acceptors (Lipinski definition) is 3. The summed E-state index contributed by atoms with van der Waals surface area (Å²) >= 11 is 0. The van der Waals surface area contributed by atoms with Gasteiger partial charge in [-0.3, -0.25) is 4.79 Å². The normalized spacial score (nSPS) is 13.8. The fourth-order valence-corrected chi connectivity index (χ4v) is 2.69. The molecule has 0 heterocycles. The van der Waals surface area contributed by atoms with E-state index in [9.17, 15) is 4.79 Å². The van der Waals surface area contributed by atoms with Gasteiger partial charge < -0.3 is 15.6 Å². The van der Waals surface area contributed by atoms with Gasteiger partial charge in [0.1, 0.15) is 18.4 Å². The molecule has 0 saturated carbocycles. The van der Waals surface area contributed by atoms with E-state index in [-0.39, 0.29) is 17.4 Å². The molecule has 0 aromatic heterocycles. The molecule has 1 atom stereocenters. The van der Waals surface area contributed by atoms with Crippen molar-refractivity contribution in [2.45, 2.75) is 52.5 Å². The number of ether oxygens (including phenoxy) is 1. The van der Waals surface area contributed by atoms with Crippen LogP contribution >= 0.6 is 0 Å². The van der Waals surface area contributed by atoms with Crippen molar-refractivity contribution in [2.24, 2.45) is 11.1 Å². The van der Waals surface area contributed by atoms with Gasteiger partial charge in [0.2, 0.25) is 0 Å². The monoisotopic (exact) mass is 293 g/mol. The van der Waals surface area contributed by atoms with Crippen LogP contribution in [0.3, 0.4) is 0 Å². The molecule has 0 aliphatic carbocycles. The van der Waals surface area contributed by atoms with Gasteiger partial charge in [0.25, 0.3) is 0 Å². The molecule has 21 heavy (non-hydrogen) atoms. The molecule has 1 unspecified atom stereocenters. The summed E-state index contributed by atoms with van der Waals surface area (Å²) in [4.78, 5) is 10.6. The minimum absolute atomic E-state index is 0.0277. The number of carboxylic acid groups (broad SMARTS) is 1. The number of rotatable bonds is 6. The summed E-state index contributed by atoms with van der Waals surface area (Å²) in [6.45, 7) is 11.1. The third kappa shape index (κ3) is 5.76. The smallest absolute Gasteiger partial charge is 0.324 e. The number of hydrogen-bond donors (Lipinski definition) is 2. The van der Waals surface area contributed by atoms with Crippen molar-refractivity contribution in [3.63, 3.8) is 0 Å². The van der Waals surface area contributed by atoms with E-state index in [0.29, 0.717) is 5.75 Å². The molecule has 0 amide bonds. The van der Waals surface area contributed by atoms with E-state index in [1.54, 1.807) is 0 Å². The molecule has 0 aliphatic rings. The molecule has 0 aliphatic heterocycles. The third-order valence-electron chi connectivity index (χ3n) is 3.35. The standard InChI is InChI=1S/C17H27NO3/c1-16(2,3)11-17(4,5)12-6-8-13(9-7-12)21-10-14(18)15(19)20/h6-9,14H,10-11,18H2,1-5H3,(H,19,20). The second kappa shape index (κ2) is 6.48. The molecule has 0 bridgehead atoms. The molecule has 0 fully saturated rings. The SMILES string of the molecule is CC(C)(C)CC(C)(C)c1ccc(OCC(N)C(=O)O)cc1. The molecule has 1 aromatic rings. The van der Waals surface area contributed by atoms with Crippen LogP contribution in [0.4, 0.5) is 0 Å². The topological polar surface area (TPSA) is 72.5 Å². The maximum absolute atomic E-state index is 10.6. The highest BCUT2D eigenvalue weighted by Gasteiger charge is 2.27. The largest absolute Gasteiger partial charge is 0.491 e. The first-order chi connectivity index (χ1) is 9.51. The summed E-state index contributed by atoms with van der Waals surface area (Å²) in [6, 6.07) is 6.81. The van der Waals surface area contributed by atoms with E-state index in [4.69, 9.17) is 15.6 Å². The van der Waals surface area contributed by atoms with E-state index in [2.05, 4.69) is 34.6 Å². The number of nitrogens with two attached hydrogens (primary N) is 1. The van der Waals surface area contributed by atoms with Crippen LogP contribution in [-0.4, -0.2) is 23.7 Å². The maximum Gasteiger partial charge on any atom is 0.324 e. The van der Waals surface area contributed by atoms with Gasteiger partial charge in [0, 0.05) is 0 Å². The fourth-order valence-electron chi connectivity index (χ4n) is 2.69. The minimum Gasteiger partial charge on any atom is -0.491 e. The van der Waals surface area contributed by atoms with E-state index < -0.39 is 12.0 Å². The molecule has 0 radical (unpaired) electrons. The number of aliphatic carboxylic acids is 1. The Morgan fingerprint density at radius 3 is 2.14 bits per heavy atom. The Kier molecular flexibility index (Phi) is 5.40. The first kappa shape index (κ1) is 17.5. The Balaban J connectivity index is 2.71. The van der Waals surface area contributed by atoms with Crippen LogP contribution in [0.1, 0.15) is 46.6 Å². The summed E-state index contributed by atoms with van der Waals surface area (Å²) in [5, 5.41) is 8.71. The second-order valence-corrected chi connectivity index (χ2v) is 7.40. The number of carboxylic acids is 1. The molecular formula is C17H27NO3. The Morgan fingerprint density at radius 1 is 1.19 bits per heavy atom. The predicted octanol–water partition coefficient (Wildman–Crippen LogP) is 3.19. The molecule has 4 heteroatoms. The lowest BCUT2D eigenvalue weighted by atomic mass is 9.72. The molecule has 0 spiro atoms. The van der Waals surface area contributed by atoms with Gasteiger partial charge in [-0.05, 0) is 34.9 Å². The van der Waals surface area contributed by atoms with Crippen LogP contribution in [0.5, 0.6) is 5.75 Å². The van der Waals surface area contributed by atoms with Gasteiger partial charge >= 0.3 is 5.97 Å². The average Bonchev–Trinajstić information content (AvgIpc) is 2.33. The van der Waals surface area contributed by atoms with Gasteiger partial charge in [-0.2, -0.15) is 0 Å². The first-order valence-electron chi connectivity index (χ1n) is 7.23. The average molecular weight is 293 g/mol. The third-order valence-corrected chi connectivity index (χ3v) is 3.35. The second-order valence-electron chi connectivity index (χ2n) is 7.40. The van der Waals surface area contributed by atoms with Crippen molar-refractivity contribution in [1.82, 2.24) is 0 Å². The predicted molar refractivity (Wildman–Crippen MR) is 84.6 cm³/mol. The highest BCUT2D eigenvalue weighted by Crippen LogP contribution is 2.36. The zero-order valence-corrected chi connectivity index (χ0v) is 13.6. The summed E-state index contributed by atoms with van der Waals surface area (Å²) in [6.07, 6.45) is 1.07. The van der Waals surface area contributed by atoms with Crippen molar-refractivity contribution >= 4 is 5.97 Å². The van der Waals surface area contributed by atoms with Crippen molar-refractivity contribution in [2.75, 3.05) is 6.61 Å². The van der Waals surface area contributed by atoms with Crippen LogP contribution < -0.4 is 10.5 Å². The lowest BCUT2D eigenvalue weighted by Crippen LogP contribution is -2.36. The van der Waals surface area contributed by atoms with Gasteiger partial charge in [0.15, 0.2) is 0 Å².